The Morgan fingerprint density at radius 2 is 1.78 bits per heavy atom. The van der Waals surface area contributed by atoms with Crippen molar-refractivity contribution in [3.63, 3.8) is 0 Å². The van der Waals surface area contributed by atoms with Crippen molar-refractivity contribution in [3.05, 3.63) is 59.9 Å². The molecule has 0 saturated heterocycles. The van der Waals surface area contributed by atoms with E-state index >= 15 is 0 Å². The van der Waals surface area contributed by atoms with Crippen molar-refractivity contribution in [2.75, 3.05) is 11.5 Å². The fourth-order valence-electron chi connectivity index (χ4n) is 1.54. The van der Waals surface area contributed by atoms with E-state index in [1.807, 2.05) is 0 Å². The topological polar surface area (TPSA) is 46.2 Å². The highest BCUT2D eigenvalue weighted by molar-refractivity contribution is 7.99. The van der Waals surface area contributed by atoms with Gasteiger partial charge in [0.25, 0.3) is 0 Å². The molecule has 0 heterocycles. The second kappa shape index (κ2) is 5.89. The van der Waals surface area contributed by atoms with Crippen LogP contribution in [-0.2, 0) is 0 Å². The summed E-state index contributed by atoms with van der Waals surface area (Å²) in [7, 11) is 0. The van der Waals surface area contributed by atoms with Gasteiger partial charge in [-0.2, -0.15) is 0 Å². The molecule has 0 aromatic heterocycles. The SMILES string of the molecule is Nc1ccc(C(O)CSc2ccccc2F)cc1. The Kier molecular flexibility index (Phi) is 4.23. The lowest BCUT2D eigenvalue weighted by atomic mass is 10.1. The fraction of sp³-hybridized carbons (Fsp3) is 0.143. The van der Waals surface area contributed by atoms with Gasteiger partial charge in [-0.15, -0.1) is 11.8 Å². The standard InChI is InChI=1S/C14H14FNOS/c15-12-3-1-2-4-14(12)18-9-13(17)10-5-7-11(16)8-6-10/h1-8,13,17H,9,16H2. The Balaban J connectivity index is 1.98. The number of hydrogen-bond acceptors (Lipinski definition) is 3. The summed E-state index contributed by atoms with van der Waals surface area (Å²) < 4.78 is 13.4. The van der Waals surface area contributed by atoms with E-state index in [-0.39, 0.29) is 5.82 Å². The summed E-state index contributed by atoms with van der Waals surface area (Å²) in [4.78, 5) is 0.548. The average Bonchev–Trinajstić information content (AvgIpc) is 2.38. The average molecular weight is 263 g/mol. The smallest absolute Gasteiger partial charge is 0.136 e. The zero-order chi connectivity index (χ0) is 13.0. The molecule has 2 rings (SSSR count). The molecule has 2 aromatic rings. The number of anilines is 1. The first-order valence-electron chi connectivity index (χ1n) is 5.57. The van der Waals surface area contributed by atoms with Crippen LogP contribution >= 0.6 is 11.8 Å². The van der Waals surface area contributed by atoms with Crippen LogP contribution in [0.2, 0.25) is 0 Å². The first kappa shape index (κ1) is 12.9. The molecule has 0 aliphatic rings. The van der Waals surface area contributed by atoms with E-state index in [9.17, 15) is 9.50 Å². The van der Waals surface area contributed by atoms with E-state index in [1.165, 1.54) is 17.8 Å². The lowest BCUT2D eigenvalue weighted by molar-refractivity contribution is 0.204. The molecule has 0 aliphatic heterocycles. The lowest BCUT2D eigenvalue weighted by Gasteiger charge is -2.11. The highest BCUT2D eigenvalue weighted by Gasteiger charge is 2.09. The maximum absolute atomic E-state index is 13.4. The van der Waals surface area contributed by atoms with Crippen LogP contribution in [0.3, 0.4) is 0 Å². The second-order valence-electron chi connectivity index (χ2n) is 3.92. The molecule has 4 heteroatoms. The predicted molar refractivity (Wildman–Crippen MR) is 72.9 cm³/mol. The molecule has 94 valence electrons. The quantitative estimate of drug-likeness (QED) is 0.657. The number of benzene rings is 2. The van der Waals surface area contributed by atoms with Gasteiger partial charge in [-0.3, -0.25) is 0 Å². The summed E-state index contributed by atoms with van der Waals surface area (Å²) in [6.45, 7) is 0. The minimum atomic E-state index is -0.629. The van der Waals surface area contributed by atoms with E-state index in [0.717, 1.165) is 5.56 Å². The summed E-state index contributed by atoms with van der Waals surface area (Å²) in [5, 5.41) is 9.98. The van der Waals surface area contributed by atoms with Gasteiger partial charge in [-0.1, -0.05) is 24.3 Å². The van der Waals surface area contributed by atoms with Crippen LogP contribution in [0.5, 0.6) is 0 Å². The van der Waals surface area contributed by atoms with Crippen LogP contribution in [-0.4, -0.2) is 10.9 Å². The molecular formula is C14H14FNOS. The van der Waals surface area contributed by atoms with E-state index in [0.29, 0.717) is 16.3 Å². The van der Waals surface area contributed by atoms with Crippen LogP contribution in [0.1, 0.15) is 11.7 Å². The van der Waals surface area contributed by atoms with Crippen LogP contribution < -0.4 is 5.73 Å². The highest BCUT2D eigenvalue weighted by atomic mass is 32.2. The van der Waals surface area contributed by atoms with E-state index in [1.54, 1.807) is 42.5 Å². The van der Waals surface area contributed by atoms with Gasteiger partial charge in [0.1, 0.15) is 5.82 Å². The number of nitrogen functional groups attached to an aromatic ring is 1. The third-order valence-electron chi connectivity index (χ3n) is 2.55. The first-order chi connectivity index (χ1) is 8.66. The number of thioether (sulfide) groups is 1. The van der Waals surface area contributed by atoms with Gasteiger partial charge in [0.05, 0.1) is 6.10 Å². The predicted octanol–water partition coefficient (Wildman–Crippen LogP) is 3.23. The van der Waals surface area contributed by atoms with Crippen molar-refractivity contribution in [2.45, 2.75) is 11.0 Å². The maximum atomic E-state index is 13.4. The largest absolute Gasteiger partial charge is 0.399 e. The van der Waals surface area contributed by atoms with E-state index in [2.05, 4.69) is 0 Å². The number of nitrogens with two attached hydrogens (primary N) is 1. The number of aliphatic hydroxyl groups is 1. The fourth-order valence-corrected chi connectivity index (χ4v) is 2.46. The Bertz CT molecular complexity index is 515. The molecule has 0 amide bonds. The molecule has 0 aliphatic carbocycles. The van der Waals surface area contributed by atoms with Gasteiger partial charge >= 0.3 is 0 Å². The lowest BCUT2D eigenvalue weighted by Crippen LogP contribution is -2.01. The molecule has 2 aromatic carbocycles. The first-order valence-corrected chi connectivity index (χ1v) is 6.56. The van der Waals surface area contributed by atoms with Crippen molar-refractivity contribution >= 4 is 17.4 Å². The monoisotopic (exact) mass is 263 g/mol. The van der Waals surface area contributed by atoms with Gasteiger partial charge in [0.2, 0.25) is 0 Å². The maximum Gasteiger partial charge on any atom is 0.136 e. The van der Waals surface area contributed by atoms with Gasteiger partial charge in [-0.05, 0) is 29.8 Å². The molecule has 0 saturated carbocycles. The van der Waals surface area contributed by atoms with Crippen molar-refractivity contribution in [2.24, 2.45) is 0 Å². The van der Waals surface area contributed by atoms with E-state index < -0.39 is 6.10 Å². The van der Waals surface area contributed by atoms with Crippen molar-refractivity contribution in [1.29, 1.82) is 0 Å². The molecule has 0 bridgehead atoms. The molecule has 0 spiro atoms. The number of rotatable bonds is 4. The third kappa shape index (κ3) is 3.24. The summed E-state index contributed by atoms with van der Waals surface area (Å²) in [5.74, 6) is 0.150. The molecule has 0 radical (unpaired) electrons. The Hall–Kier alpha value is -1.52. The molecule has 2 nitrogen and oxygen atoms in total. The summed E-state index contributed by atoms with van der Waals surface area (Å²) in [6, 6.07) is 13.6. The third-order valence-corrected chi connectivity index (χ3v) is 3.68. The van der Waals surface area contributed by atoms with E-state index in [4.69, 9.17) is 5.73 Å². The number of hydrogen-bond donors (Lipinski definition) is 2. The summed E-state index contributed by atoms with van der Waals surface area (Å²) in [6.07, 6.45) is -0.629. The number of aliphatic hydroxyl groups excluding tert-OH is 1. The highest BCUT2D eigenvalue weighted by Crippen LogP contribution is 2.26. The molecule has 18 heavy (non-hydrogen) atoms. The van der Waals surface area contributed by atoms with Crippen molar-refractivity contribution < 1.29 is 9.50 Å². The van der Waals surface area contributed by atoms with Crippen LogP contribution in [0.25, 0.3) is 0 Å². The molecule has 0 fully saturated rings. The normalized spacial score (nSPS) is 12.3. The molecule has 3 N–H and O–H groups in total. The van der Waals surface area contributed by atoms with Crippen LogP contribution in [0, 0.1) is 5.82 Å². The van der Waals surface area contributed by atoms with Gasteiger partial charge in [-0.25, -0.2) is 4.39 Å². The van der Waals surface area contributed by atoms with Gasteiger partial charge in [0.15, 0.2) is 0 Å². The van der Waals surface area contributed by atoms with Crippen molar-refractivity contribution in [3.8, 4) is 0 Å². The van der Waals surface area contributed by atoms with Crippen molar-refractivity contribution in [1.82, 2.24) is 0 Å². The van der Waals surface area contributed by atoms with Gasteiger partial charge < -0.3 is 10.8 Å². The van der Waals surface area contributed by atoms with Crippen LogP contribution in [0.15, 0.2) is 53.4 Å². The minimum Gasteiger partial charge on any atom is -0.399 e. The molecule has 1 unspecified atom stereocenters. The Morgan fingerprint density at radius 3 is 2.44 bits per heavy atom. The van der Waals surface area contributed by atoms with Gasteiger partial charge in [0, 0.05) is 16.3 Å². The zero-order valence-electron chi connectivity index (χ0n) is 9.71. The Labute approximate surface area is 110 Å². The molecule has 1 atom stereocenters. The number of halogens is 1. The molecular weight excluding hydrogens is 249 g/mol. The Morgan fingerprint density at radius 1 is 1.11 bits per heavy atom. The minimum absolute atomic E-state index is 0.257. The second-order valence-corrected chi connectivity index (χ2v) is 4.99. The van der Waals surface area contributed by atoms with Crippen LogP contribution in [0.4, 0.5) is 10.1 Å². The summed E-state index contributed by atoms with van der Waals surface area (Å²) in [5.41, 5.74) is 7.02. The zero-order valence-corrected chi connectivity index (χ0v) is 10.5. The summed E-state index contributed by atoms with van der Waals surface area (Å²) >= 11 is 1.30.